The van der Waals surface area contributed by atoms with Crippen LogP contribution in [0, 0.1) is 13.5 Å². The van der Waals surface area contributed by atoms with Crippen molar-refractivity contribution in [2.45, 2.75) is 46.5 Å². The van der Waals surface area contributed by atoms with Crippen LogP contribution in [0.1, 0.15) is 56.9 Å². The molecule has 0 saturated heterocycles. The van der Waals surface area contributed by atoms with Gasteiger partial charge in [0.2, 0.25) is 5.70 Å². The number of fused-ring (bicyclic) bond motifs is 1. The summed E-state index contributed by atoms with van der Waals surface area (Å²) in [6, 6.07) is 15.9. The Morgan fingerprint density at radius 1 is 1.18 bits per heavy atom. The number of hydrogen-bond donors (Lipinski definition) is 0. The van der Waals surface area contributed by atoms with E-state index in [1.807, 2.05) is 49.4 Å². The van der Waals surface area contributed by atoms with Crippen molar-refractivity contribution in [3.05, 3.63) is 88.4 Å². The van der Waals surface area contributed by atoms with Crippen LogP contribution in [0.2, 0.25) is 0 Å². The van der Waals surface area contributed by atoms with Crippen molar-refractivity contribution in [2.75, 3.05) is 23.7 Å². The molecule has 198 valence electrons. The molecule has 0 amide bonds. The minimum absolute atomic E-state index is 0. The van der Waals surface area contributed by atoms with E-state index in [-0.39, 0.29) is 56.8 Å². The SMILES string of the molecule is [C-]#[N+]C1=C(c2ccccc2)c2nc(C(C)(C)C)nn2C1=Nc1ccc(N(CC)CCCSOO[O-])cc1C.[K+]. The van der Waals surface area contributed by atoms with E-state index >= 15 is 0 Å². The Bertz CT molecular complexity index is 1390. The van der Waals surface area contributed by atoms with Crippen LogP contribution in [0.4, 0.5) is 11.4 Å². The van der Waals surface area contributed by atoms with E-state index in [2.05, 4.69) is 52.9 Å². The Morgan fingerprint density at radius 2 is 1.92 bits per heavy atom. The van der Waals surface area contributed by atoms with Crippen molar-refractivity contribution in [1.82, 2.24) is 14.8 Å². The maximum Gasteiger partial charge on any atom is 1.00 e. The van der Waals surface area contributed by atoms with E-state index in [0.29, 0.717) is 28.9 Å². The number of aliphatic imine (C=N–C) groups is 1. The zero-order valence-electron chi connectivity index (χ0n) is 23.3. The molecule has 0 aliphatic carbocycles. The Kier molecular flexibility index (Phi) is 11.5. The topological polar surface area (TPSA) is 92.2 Å². The van der Waals surface area contributed by atoms with E-state index in [1.165, 1.54) is 0 Å². The van der Waals surface area contributed by atoms with Crippen molar-refractivity contribution < 1.29 is 66.0 Å². The largest absolute Gasteiger partial charge is 1.00 e. The average molecular weight is 571 g/mol. The van der Waals surface area contributed by atoms with Crippen LogP contribution in [0.3, 0.4) is 0 Å². The molecule has 1 aliphatic rings. The molecule has 1 aliphatic heterocycles. The number of hydrogen-bond acceptors (Lipinski definition) is 8. The van der Waals surface area contributed by atoms with Gasteiger partial charge in [-0.2, -0.15) is 4.33 Å². The Balaban J connectivity index is 0.00000420. The summed E-state index contributed by atoms with van der Waals surface area (Å²) in [6.45, 7) is 20.0. The zero-order valence-corrected chi connectivity index (χ0v) is 27.2. The number of aryl methyl sites for hydroxylation is 1. The fourth-order valence-corrected chi connectivity index (χ4v) is 4.60. The van der Waals surface area contributed by atoms with Gasteiger partial charge in [0.25, 0.3) is 0 Å². The van der Waals surface area contributed by atoms with Gasteiger partial charge in [-0.3, -0.25) is 5.04 Å². The van der Waals surface area contributed by atoms with E-state index in [1.54, 1.807) is 4.68 Å². The monoisotopic (exact) mass is 570 g/mol. The van der Waals surface area contributed by atoms with Gasteiger partial charge in [0, 0.05) is 47.6 Å². The molecule has 0 N–H and O–H groups in total. The molecular formula is C28H31KN6O3S. The molecule has 2 heterocycles. The smallest absolute Gasteiger partial charge is 0.691 e. The van der Waals surface area contributed by atoms with Gasteiger partial charge in [-0.1, -0.05) is 51.1 Å². The van der Waals surface area contributed by atoms with Crippen LogP contribution in [0.25, 0.3) is 10.4 Å². The van der Waals surface area contributed by atoms with Gasteiger partial charge in [0.05, 0.1) is 12.3 Å². The fourth-order valence-electron chi connectivity index (χ4n) is 4.25. The second kappa shape index (κ2) is 14.2. The Labute approximate surface area is 276 Å². The quantitative estimate of drug-likeness (QED) is 0.0922. The van der Waals surface area contributed by atoms with Crippen LogP contribution in [0.15, 0.2) is 59.2 Å². The molecule has 11 heteroatoms. The van der Waals surface area contributed by atoms with Crippen LogP contribution in [-0.4, -0.2) is 39.4 Å². The number of rotatable bonds is 10. The van der Waals surface area contributed by atoms with Crippen molar-refractivity contribution in [2.24, 2.45) is 4.99 Å². The molecule has 0 radical (unpaired) electrons. The number of anilines is 1. The third-order valence-electron chi connectivity index (χ3n) is 6.21. The van der Waals surface area contributed by atoms with Crippen molar-refractivity contribution >= 4 is 34.8 Å². The summed E-state index contributed by atoms with van der Waals surface area (Å²) in [7, 11) is 0. The maximum atomic E-state index is 9.95. The van der Waals surface area contributed by atoms with Crippen LogP contribution < -0.4 is 61.5 Å². The first kappa shape index (κ1) is 31.7. The van der Waals surface area contributed by atoms with Crippen LogP contribution in [0.5, 0.6) is 0 Å². The molecule has 3 aromatic rings. The molecule has 2 aromatic carbocycles. The summed E-state index contributed by atoms with van der Waals surface area (Å²) >= 11 is 1.00. The van der Waals surface area contributed by atoms with E-state index in [4.69, 9.17) is 21.6 Å². The average Bonchev–Trinajstić information content (AvgIpc) is 3.46. The molecule has 39 heavy (non-hydrogen) atoms. The standard InChI is InChI=1S/C28H32N6O3S.K/c1-7-33(16-11-17-38-37-36-35)21-14-15-22(19(2)18-21)30-26-24(29-6)23(20-12-9-8-10-13-20)25-31-27(28(3,4)5)32-34(25)26;/h8-10,12-15,18,35H,7,11,16-17H2,1-5H3;/q;+1/p-1. The predicted molar refractivity (Wildman–Crippen MR) is 149 cm³/mol. The Hall–Kier alpha value is -1.85. The molecule has 9 nitrogen and oxygen atoms in total. The molecule has 1 aromatic heterocycles. The van der Waals surface area contributed by atoms with E-state index in [9.17, 15) is 5.26 Å². The summed E-state index contributed by atoms with van der Waals surface area (Å²) in [5.74, 6) is 2.48. The summed E-state index contributed by atoms with van der Waals surface area (Å²) in [4.78, 5) is 16.0. The first-order valence-corrected chi connectivity index (χ1v) is 13.4. The normalized spacial score (nSPS) is 13.8. The van der Waals surface area contributed by atoms with Gasteiger partial charge in [0.15, 0.2) is 17.5 Å². The van der Waals surface area contributed by atoms with Crippen molar-refractivity contribution in [3.8, 4) is 0 Å². The third-order valence-corrected chi connectivity index (χ3v) is 6.82. The second-order valence-electron chi connectivity index (χ2n) is 9.92. The molecule has 0 spiro atoms. The maximum absolute atomic E-state index is 9.95. The van der Waals surface area contributed by atoms with Gasteiger partial charge < -0.3 is 10.2 Å². The molecule has 0 atom stereocenters. The first-order valence-electron chi connectivity index (χ1n) is 12.5. The zero-order chi connectivity index (χ0) is 27.3. The summed E-state index contributed by atoms with van der Waals surface area (Å²) < 4.78 is 6.06. The molecule has 0 saturated carbocycles. The van der Waals surface area contributed by atoms with Gasteiger partial charge in [-0.15, -0.1) is 5.10 Å². The van der Waals surface area contributed by atoms with E-state index < -0.39 is 0 Å². The number of aromatic nitrogens is 3. The van der Waals surface area contributed by atoms with Gasteiger partial charge >= 0.3 is 51.4 Å². The van der Waals surface area contributed by atoms with Crippen molar-refractivity contribution in [3.63, 3.8) is 0 Å². The van der Waals surface area contributed by atoms with Gasteiger partial charge in [0.1, 0.15) is 0 Å². The minimum atomic E-state index is -0.254. The number of nitrogens with zero attached hydrogens (tertiary/aromatic N) is 6. The Morgan fingerprint density at radius 3 is 2.54 bits per heavy atom. The molecule has 0 unspecified atom stereocenters. The summed E-state index contributed by atoms with van der Waals surface area (Å²) in [5.41, 5.74) is 4.68. The molecule has 0 bridgehead atoms. The summed E-state index contributed by atoms with van der Waals surface area (Å²) in [6.07, 6.45) is 0.831. The van der Waals surface area contributed by atoms with Crippen LogP contribution in [-0.2, 0) is 14.8 Å². The molecule has 4 rings (SSSR count). The predicted octanol–water partition coefficient (Wildman–Crippen LogP) is 2.25. The third kappa shape index (κ3) is 7.27. The molecular weight excluding hydrogens is 540 g/mol. The summed E-state index contributed by atoms with van der Waals surface area (Å²) in [5, 5.41) is 18.1. The fraction of sp³-hybridized carbons (Fsp3) is 0.357. The molecule has 0 fully saturated rings. The minimum Gasteiger partial charge on any atom is -0.691 e. The number of benzene rings is 2. The number of allylic oxidation sites excluding steroid dienone is 1. The first-order chi connectivity index (χ1) is 18.3. The van der Waals surface area contributed by atoms with Gasteiger partial charge in [-0.25, -0.2) is 19.5 Å². The van der Waals surface area contributed by atoms with E-state index in [0.717, 1.165) is 59.6 Å². The second-order valence-corrected chi connectivity index (χ2v) is 10.7. The van der Waals surface area contributed by atoms with Crippen LogP contribution >= 0.6 is 12.0 Å². The van der Waals surface area contributed by atoms with Crippen molar-refractivity contribution in [1.29, 1.82) is 0 Å². The van der Waals surface area contributed by atoms with Gasteiger partial charge in [-0.05, 0) is 49.6 Å².